The summed E-state index contributed by atoms with van der Waals surface area (Å²) in [4.78, 5) is 23.7. The molecule has 0 heterocycles. The number of esters is 1. The summed E-state index contributed by atoms with van der Waals surface area (Å²) in [5.41, 5.74) is 2.81. The second-order valence-corrected chi connectivity index (χ2v) is 5.29. The Balaban J connectivity index is 2.14. The molecule has 25 heavy (non-hydrogen) atoms. The van der Waals surface area contributed by atoms with Crippen LogP contribution in [0.1, 0.15) is 28.4 Å². The molecule has 0 saturated carbocycles. The summed E-state index contributed by atoms with van der Waals surface area (Å²) in [6.45, 7) is 2.05. The Morgan fingerprint density at radius 3 is 2.28 bits per heavy atom. The number of carbonyl (C=O) groups is 2. The van der Waals surface area contributed by atoms with Crippen LogP contribution in [0.15, 0.2) is 54.1 Å². The predicted octanol–water partition coefficient (Wildman–Crippen LogP) is 3.58. The molecule has 0 spiro atoms. The number of nitrogens with zero attached hydrogens (tertiary/aromatic N) is 1. The molecule has 0 atom stereocenters. The summed E-state index contributed by atoms with van der Waals surface area (Å²) in [6, 6.07) is 15.8. The fraction of sp³-hybridized carbons (Fsp3) is 0.150. The summed E-state index contributed by atoms with van der Waals surface area (Å²) in [5.74, 6) is -0.923. The van der Waals surface area contributed by atoms with Crippen molar-refractivity contribution in [1.82, 2.24) is 0 Å². The Hall–Kier alpha value is -3.39. The van der Waals surface area contributed by atoms with E-state index in [2.05, 4.69) is 17.0 Å². The summed E-state index contributed by atoms with van der Waals surface area (Å²) >= 11 is 0. The number of carbonyl (C=O) groups excluding carboxylic acids is 2. The van der Waals surface area contributed by atoms with E-state index < -0.39 is 11.9 Å². The molecule has 126 valence electrons. The zero-order valence-corrected chi connectivity index (χ0v) is 14.1. The minimum Gasteiger partial charge on any atom is -0.465 e. The van der Waals surface area contributed by atoms with Crippen LogP contribution in [0.5, 0.6) is 0 Å². The summed E-state index contributed by atoms with van der Waals surface area (Å²) in [6.07, 6.45) is 2.38. The van der Waals surface area contributed by atoms with Gasteiger partial charge >= 0.3 is 5.97 Å². The van der Waals surface area contributed by atoms with Crippen LogP contribution in [0, 0.1) is 11.3 Å². The van der Waals surface area contributed by atoms with Crippen molar-refractivity contribution in [3.05, 3.63) is 70.8 Å². The third-order valence-corrected chi connectivity index (χ3v) is 3.63. The summed E-state index contributed by atoms with van der Waals surface area (Å²) < 4.78 is 4.63. The van der Waals surface area contributed by atoms with Crippen LogP contribution in [-0.2, 0) is 16.0 Å². The van der Waals surface area contributed by atoms with Gasteiger partial charge in [0.2, 0.25) is 0 Å². The van der Waals surface area contributed by atoms with Gasteiger partial charge < -0.3 is 10.1 Å². The van der Waals surface area contributed by atoms with Gasteiger partial charge in [0.05, 0.1) is 12.7 Å². The van der Waals surface area contributed by atoms with Crippen LogP contribution in [0.4, 0.5) is 5.69 Å². The lowest BCUT2D eigenvalue weighted by molar-refractivity contribution is -0.112. The molecule has 5 nitrogen and oxygen atoms in total. The molecular formula is C20H18N2O3. The highest BCUT2D eigenvalue weighted by molar-refractivity contribution is 6.09. The lowest BCUT2D eigenvalue weighted by atomic mass is 10.1. The van der Waals surface area contributed by atoms with Crippen molar-refractivity contribution in [2.45, 2.75) is 13.3 Å². The number of benzene rings is 2. The maximum absolute atomic E-state index is 12.2. The lowest BCUT2D eigenvalue weighted by Crippen LogP contribution is -2.13. The number of aryl methyl sites for hydroxylation is 1. The molecule has 1 amide bonds. The maximum atomic E-state index is 12.2. The highest BCUT2D eigenvalue weighted by Gasteiger charge is 2.10. The summed E-state index contributed by atoms with van der Waals surface area (Å²) in [5, 5.41) is 11.9. The van der Waals surface area contributed by atoms with Gasteiger partial charge in [0, 0.05) is 5.69 Å². The molecule has 5 heteroatoms. The summed E-state index contributed by atoms with van der Waals surface area (Å²) in [7, 11) is 1.31. The van der Waals surface area contributed by atoms with Crippen molar-refractivity contribution < 1.29 is 14.3 Å². The minimum absolute atomic E-state index is 0.0228. The zero-order valence-electron chi connectivity index (χ0n) is 14.1. The van der Waals surface area contributed by atoms with Crippen LogP contribution in [0.3, 0.4) is 0 Å². The first kappa shape index (κ1) is 18.0. The number of rotatable bonds is 5. The first-order valence-corrected chi connectivity index (χ1v) is 7.77. The lowest BCUT2D eigenvalue weighted by Gasteiger charge is -2.05. The van der Waals surface area contributed by atoms with Crippen LogP contribution in [-0.4, -0.2) is 19.0 Å². The van der Waals surface area contributed by atoms with E-state index in [-0.39, 0.29) is 5.57 Å². The van der Waals surface area contributed by atoms with Gasteiger partial charge in [-0.05, 0) is 47.9 Å². The van der Waals surface area contributed by atoms with E-state index in [0.29, 0.717) is 16.8 Å². The van der Waals surface area contributed by atoms with E-state index in [4.69, 9.17) is 0 Å². The quantitative estimate of drug-likeness (QED) is 0.515. The van der Waals surface area contributed by atoms with Crippen LogP contribution in [0.2, 0.25) is 0 Å². The van der Waals surface area contributed by atoms with Gasteiger partial charge in [-0.2, -0.15) is 5.26 Å². The third-order valence-electron chi connectivity index (χ3n) is 3.63. The minimum atomic E-state index is -0.483. The molecule has 2 aromatic carbocycles. The van der Waals surface area contributed by atoms with Gasteiger partial charge in [0.15, 0.2) is 0 Å². The van der Waals surface area contributed by atoms with Gasteiger partial charge in [0.1, 0.15) is 11.6 Å². The van der Waals surface area contributed by atoms with Crippen molar-refractivity contribution in [3.63, 3.8) is 0 Å². The molecule has 2 rings (SSSR count). The smallest absolute Gasteiger partial charge is 0.337 e. The Bertz CT molecular complexity index is 829. The molecular weight excluding hydrogens is 316 g/mol. The molecule has 0 fully saturated rings. The SMILES string of the molecule is CCc1ccc(NC(=O)/C(C#N)=C\c2ccc(C(=O)OC)cc2)cc1. The van der Waals surface area contributed by atoms with E-state index >= 15 is 0 Å². The van der Waals surface area contributed by atoms with Crippen molar-refractivity contribution in [2.75, 3.05) is 12.4 Å². The number of amides is 1. The van der Waals surface area contributed by atoms with Crippen molar-refractivity contribution >= 4 is 23.6 Å². The number of nitriles is 1. The van der Waals surface area contributed by atoms with Crippen molar-refractivity contribution in [2.24, 2.45) is 0 Å². The topological polar surface area (TPSA) is 79.2 Å². The number of hydrogen-bond acceptors (Lipinski definition) is 4. The van der Waals surface area contributed by atoms with E-state index in [1.807, 2.05) is 18.2 Å². The molecule has 0 aliphatic heterocycles. The molecule has 0 bridgehead atoms. The van der Waals surface area contributed by atoms with Crippen LogP contribution < -0.4 is 5.32 Å². The Morgan fingerprint density at radius 2 is 1.76 bits per heavy atom. The molecule has 1 N–H and O–H groups in total. The Labute approximate surface area is 146 Å². The largest absolute Gasteiger partial charge is 0.465 e. The molecule has 0 unspecified atom stereocenters. The number of nitrogens with one attached hydrogen (secondary N) is 1. The van der Waals surface area contributed by atoms with E-state index in [1.54, 1.807) is 36.4 Å². The molecule has 0 aliphatic rings. The van der Waals surface area contributed by atoms with Gasteiger partial charge in [0.25, 0.3) is 5.91 Å². The van der Waals surface area contributed by atoms with Crippen LogP contribution in [0.25, 0.3) is 6.08 Å². The second kappa shape index (κ2) is 8.46. The first-order chi connectivity index (χ1) is 12.1. The van der Waals surface area contributed by atoms with Gasteiger partial charge in [-0.3, -0.25) is 4.79 Å². The average molecular weight is 334 g/mol. The Kier molecular flexibility index (Phi) is 6.08. The van der Waals surface area contributed by atoms with Crippen LogP contribution >= 0.6 is 0 Å². The van der Waals surface area contributed by atoms with Crippen molar-refractivity contribution in [3.8, 4) is 6.07 Å². The normalized spacial score (nSPS) is 10.7. The highest BCUT2D eigenvalue weighted by atomic mass is 16.5. The number of hydrogen-bond donors (Lipinski definition) is 1. The van der Waals surface area contributed by atoms with Gasteiger partial charge in [-0.25, -0.2) is 4.79 Å². The third kappa shape index (κ3) is 4.79. The van der Waals surface area contributed by atoms with Crippen molar-refractivity contribution in [1.29, 1.82) is 5.26 Å². The maximum Gasteiger partial charge on any atom is 0.337 e. The molecule has 0 aromatic heterocycles. The molecule has 2 aromatic rings. The van der Waals surface area contributed by atoms with Gasteiger partial charge in [-0.1, -0.05) is 31.2 Å². The number of ether oxygens (including phenoxy) is 1. The Morgan fingerprint density at radius 1 is 1.12 bits per heavy atom. The molecule has 0 aliphatic carbocycles. The standard InChI is InChI=1S/C20H18N2O3/c1-3-14-6-10-18(11-7-14)22-19(23)17(13-21)12-15-4-8-16(9-5-15)20(24)25-2/h4-12H,3H2,1-2H3,(H,22,23)/b17-12-. The second-order valence-electron chi connectivity index (χ2n) is 5.29. The molecule has 0 radical (unpaired) electrons. The van der Waals surface area contributed by atoms with E-state index in [9.17, 15) is 14.9 Å². The fourth-order valence-corrected chi connectivity index (χ4v) is 2.17. The molecule has 0 saturated heterocycles. The highest BCUT2D eigenvalue weighted by Crippen LogP contribution is 2.14. The first-order valence-electron chi connectivity index (χ1n) is 7.77. The number of anilines is 1. The average Bonchev–Trinajstić information content (AvgIpc) is 2.66. The zero-order chi connectivity index (χ0) is 18.2. The number of methoxy groups -OCH3 is 1. The predicted molar refractivity (Wildman–Crippen MR) is 95.8 cm³/mol. The van der Waals surface area contributed by atoms with Gasteiger partial charge in [-0.15, -0.1) is 0 Å². The fourth-order valence-electron chi connectivity index (χ4n) is 2.17. The van der Waals surface area contributed by atoms with E-state index in [1.165, 1.54) is 18.7 Å². The monoisotopic (exact) mass is 334 g/mol. The van der Waals surface area contributed by atoms with E-state index in [0.717, 1.165) is 6.42 Å².